The summed E-state index contributed by atoms with van der Waals surface area (Å²) in [4.78, 5) is 27.1. The number of nitrogens with one attached hydrogen (secondary N) is 1. The molecular formula is C23H19FN2O4. The third-order valence-electron chi connectivity index (χ3n) is 5.06. The van der Waals surface area contributed by atoms with Crippen LogP contribution in [0.2, 0.25) is 0 Å². The number of fused-ring (bicyclic) bond motifs is 1. The van der Waals surface area contributed by atoms with Gasteiger partial charge in [-0.1, -0.05) is 42.5 Å². The summed E-state index contributed by atoms with van der Waals surface area (Å²) in [6.07, 6.45) is 0. The molecule has 1 aliphatic rings. The molecule has 6 nitrogen and oxygen atoms in total. The topological polar surface area (TPSA) is 78.9 Å². The van der Waals surface area contributed by atoms with E-state index in [1.165, 1.54) is 30.2 Å². The van der Waals surface area contributed by atoms with Crippen molar-refractivity contribution in [2.75, 3.05) is 23.9 Å². The van der Waals surface area contributed by atoms with E-state index in [1.807, 2.05) is 0 Å². The third kappa shape index (κ3) is 3.19. The van der Waals surface area contributed by atoms with E-state index in [2.05, 4.69) is 5.32 Å². The number of hydrogen-bond acceptors (Lipinski definition) is 4. The van der Waals surface area contributed by atoms with Gasteiger partial charge in [-0.3, -0.25) is 14.5 Å². The number of ether oxygens (including phenoxy) is 1. The van der Waals surface area contributed by atoms with Crippen LogP contribution >= 0.6 is 0 Å². The first-order chi connectivity index (χ1) is 14.4. The number of methoxy groups -OCH3 is 1. The molecule has 0 spiro atoms. The number of halogens is 1. The van der Waals surface area contributed by atoms with Crippen LogP contribution in [0.25, 0.3) is 0 Å². The molecule has 0 saturated carbocycles. The van der Waals surface area contributed by atoms with Crippen molar-refractivity contribution in [3.05, 3.63) is 89.7 Å². The molecule has 0 aromatic heterocycles. The number of para-hydroxylation sites is 3. The summed E-state index contributed by atoms with van der Waals surface area (Å²) in [5.41, 5.74) is -0.823. The Bertz CT molecular complexity index is 1130. The number of carbonyl (C=O) groups is 2. The van der Waals surface area contributed by atoms with Gasteiger partial charge >= 0.3 is 0 Å². The Morgan fingerprint density at radius 3 is 2.60 bits per heavy atom. The minimum Gasteiger partial charge on any atom is -0.495 e. The predicted octanol–water partition coefficient (Wildman–Crippen LogP) is 3.06. The lowest BCUT2D eigenvalue weighted by atomic mass is 9.87. The molecular weight excluding hydrogens is 387 g/mol. The molecule has 0 bridgehead atoms. The van der Waals surface area contributed by atoms with Crippen LogP contribution in [0.5, 0.6) is 5.75 Å². The fourth-order valence-electron chi connectivity index (χ4n) is 3.67. The molecule has 2 amide bonds. The average molecular weight is 406 g/mol. The van der Waals surface area contributed by atoms with Crippen molar-refractivity contribution in [1.29, 1.82) is 0 Å². The molecule has 0 unspecified atom stereocenters. The van der Waals surface area contributed by atoms with Crippen LogP contribution in [0.15, 0.2) is 72.8 Å². The van der Waals surface area contributed by atoms with E-state index in [1.54, 1.807) is 48.5 Å². The molecule has 0 fully saturated rings. The molecule has 3 aromatic carbocycles. The fraction of sp³-hybridized carbons (Fsp3) is 0.130. The largest absolute Gasteiger partial charge is 0.495 e. The van der Waals surface area contributed by atoms with E-state index < -0.39 is 23.2 Å². The summed E-state index contributed by atoms with van der Waals surface area (Å²) >= 11 is 0. The van der Waals surface area contributed by atoms with Gasteiger partial charge in [0.25, 0.3) is 5.91 Å². The Morgan fingerprint density at radius 2 is 1.83 bits per heavy atom. The maximum Gasteiger partial charge on any atom is 0.268 e. The first-order valence-electron chi connectivity index (χ1n) is 9.28. The van der Waals surface area contributed by atoms with Gasteiger partial charge in [-0.15, -0.1) is 0 Å². The summed E-state index contributed by atoms with van der Waals surface area (Å²) in [6.45, 7) is -0.328. The van der Waals surface area contributed by atoms with Gasteiger partial charge in [0.1, 0.15) is 18.1 Å². The van der Waals surface area contributed by atoms with Gasteiger partial charge in [0.15, 0.2) is 5.60 Å². The Morgan fingerprint density at radius 1 is 1.10 bits per heavy atom. The minimum absolute atomic E-state index is 0.104. The number of rotatable bonds is 5. The van der Waals surface area contributed by atoms with Crippen molar-refractivity contribution in [2.45, 2.75) is 5.60 Å². The smallest absolute Gasteiger partial charge is 0.268 e. The first kappa shape index (κ1) is 19.6. The summed E-state index contributed by atoms with van der Waals surface area (Å²) in [7, 11) is 1.49. The van der Waals surface area contributed by atoms with E-state index in [0.29, 0.717) is 22.7 Å². The maximum absolute atomic E-state index is 13.8. The van der Waals surface area contributed by atoms with Crippen LogP contribution in [0, 0.1) is 5.82 Å². The fourth-order valence-corrected chi connectivity index (χ4v) is 3.67. The molecule has 7 heteroatoms. The molecule has 1 heterocycles. The van der Waals surface area contributed by atoms with Gasteiger partial charge in [-0.2, -0.15) is 0 Å². The second-order valence-corrected chi connectivity index (χ2v) is 6.88. The van der Waals surface area contributed by atoms with Crippen molar-refractivity contribution in [1.82, 2.24) is 0 Å². The number of hydrogen-bond donors (Lipinski definition) is 2. The standard InChI is InChI=1S/C23H19FN2O4/c1-30-20-12-5-3-10-18(20)25-21(27)14-26-19-11-4-2-9-17(19)23(29,22(26)28)15-7-6-8-16(24)13-15/h2-13,29H,14H2,1H3,(H,25,27)/t23-/m1/s1. The third-order valence-corrected chi connectivity index (χ3v) is 5.06. The van der Waals surface area contributed by atoms with Crippen LogP contribution in [0.3, 0.4) is 0 Å². The first-order valence-corrected chi connectivity index (χ1v) is 9.28. The van der Waals surface area contributed by atoms with Crippen LogP contribution < -0.4 is 15.0 Å². The molecule has 152 valence electrons. The zero-order chi connectivity index (χ0) is 21.3. The zero-order valence-electron chi connectivity index (χ0n) is 16.1. The molecule has 0 radical (unpaired) electrons. The quantitative estimate of drug-likeness (QED) is 0.683. The predicted molar refractivity (Wildman–Crippen MR) is 110 cm³/mol. The van der Waals surface area contributed by atoms with Crippen molar-refractivity contribution in [3.63, 3.8) is 0 Å². The molecule has 4 rings (SSSR count). The minimum atomic E-state index is -2.08. The highest BCUT2D eigenvalue weighted by atomic mass is 19.1. The lowest BCUT2D eigenvalue weighted by Gasteiger charge is -2.23. The van der Waals surface area contributed by atoms with Crippen LogP contribution in [0.4, 0.5) is 15.8 Å². The molecule has 30 heavy (non-hydrogen) atoms. The van der Waals surface area contributed by atoms with Crippen LogP contribution in [0.1, 0.15) is 11.1 Å². The Labute approximate surface area is 172 Å². The molecule has 1 aliphatic heterocycles. The van der Waals surface area contributed by atoms with Crippen LogP contribution in [-0.4, -0.2) is 30.6 Å². The number of carbonyl (C=O) groups excluding carboxylic acids is 2. The molecule has 1 atom stereocenters. The molecule has 0 saturated heterocycles. The number of aliphatic hydroxyl groups is 1. The second kappa shape index (κ2) is 7.61. The monoisotopic (exact) mass is 406 g/mol. The number of nitrogens with zero attached hydrogens (tertiary/aromatic N) is 1. The van der Waals surface area contributed by atoms with E-state index >= 15 is 0 Å². The highest BCUT2D eigenvalue weighted by molar-refractivity contribution is 6.12. The highest BCUT2D eigenvalue weighted by Gasteiger charge is 2.51. The second-order valence-electron chi connectivity index (χ2n) is 6.88. The van der Waals surface area contributed by atoms with Crippen molar-refractivity contribution >= 4 is 23.2 Å². The Balaban J connectivity index is 1.66. The van der Waals surface area contributed by atoms with Gasteiger partial charge in [0, 0.05) is 11.1 Å². The van der Waals surface area contributed by atoms with Gasteiger partial charge < -0.3 is 15.2 Å². The summed E-state index contributed by atoms with van der Waals surface area (Å²) < 4.78 is 19.0. The summed E-state index contributed by atoms with van der Waals surface area (Å²) in [5.74, 6) is -1.27. The maximum atomic E-state index is 13.8. The number of anilines is 2. The lowest BCUT2D eigenvalue weighted by Crippen LogP contribution is -2.44. The highest BCUT2D eigenvalue weighted by Crippen LogP contribution is 2.44. The summed E-state index contributed by atoms with van der Waals surface area (Å²) in [5, 5.41) is 14.1. The SMILES string of the molecule is COc1ccccc1NC(=O)CN1C(=O)[C@@](O)(c2cccc(F)c2)c2ccccc21. The zero-order valence-corrected chi connectivity index (χ0v) is 16.1. The molecule has 3 aromatic rings. The van der Waals surface area contributed by atoms with Crippen LogP contribution in [-0.2, 0) is 15.2 Å². The average Bonchev–Trinajstić information content (AvgIpc) is 2.97. The van der Waals surface area contributed by atoms with E-state index in [9.17, 15) is 19.1 Å². The number of benzene rings is 3. The van der Waals surface area contributed by atoms with Crippen molar-refractivity contribution in [2.24, 2.45) is 0 Å². The Hall–Kier alpha value is -3.71. The Kier molecular flexibility index (Phi) is 4.97. The normalized spacial score (nSPS) is 17.6. The van der Waals surface area contributed by atoms with E-state index in [-0.39, 0.29) is 12.1 Å². The summed E-state index contributed by atoms with van der Waals surface area (Å²) in [6, 6.07) is 18.8. The number of amides is 2. The van der Waals surface area contributed by atoms with Gasteiger partial charge in [-0.25, -0.2) is 4.39 Å². The van der Waals surface area contributed by atoms with Crippen molar-refractivity contribution in [3.8, 4) is 5.75 Å². The van der Waals surface area contributed by atoms with Crippen molar-refractivity contribution < 1.29 is 23.8 Å². The van der Waals surface area contributed by atoms with E-state index in [0.717, 1.165) is 6.07 Å². The van der Waals surface area contributed by atoms with Gasteiger partial charge in [-0.05, 0) is 30.3 Å². The van der Waals surface area contributed by atoms with Gasteiger partial charge in [0.05, 0.1) is 18.5 Å². The lowest BCUT2D eigenvalue weighted by molar-refractivity contribution is -0.133. The molecule has 2 N–H and O–H groups in total. The van der Waals surface area contributed by atoms with Gasteiger partial charge in [0.2, 0.25) is 5.91 Å². The van der Waals surface area contributed by atoms with E-state index in [4.69, 9.17) is 4.74 Å². The molecule has 0 aliphatic carbocycles.